The third-order valence-electron chi connectivity index (χ3n) is 15.5. The first-order valence-corrected chi connectivity index (χ1v) is 30.1. The number of piperidine rings is 1. The minimum atomic E-state index is -1.60. The number of aliphatic hydroxyl groups excluding tert-OH is 1. The van der Waals surface area contributed by atoms with Crippen LogP contribution in [-0.2, 0) is 59.1 Å². The summed E-state index contributed by atoms with van der Waals surface area (Å²) in [6.45, 7) is 19.2. The lowest BCUT2D eigenvalue weighted by Crippen LogP contribution is -2.62. The van der Waals surface area contributed by atoms with Crippen LogP contribution in [0.4, 0.5) is 0 Å². The highest BCUT2D eigenvalue weighted by molar-refractivity contribution is 8.00. The molecule has 22 nitrogen and oxygen atoms in total. The van der Waals surface area contributed by atoms with Crippen molar-refractivity contribution in [3.05, 3.63) is 35.9 Å². The number of nitrogens with zero attached hydrogens (tertiary/aromatic N) is 7. The van der Waals surface area contributed by atoms with Crippen molar-refractivity contribution in [3.63, 3.8) is 0 Å². The van der Waals surface area contributed by atoms with Gasteiger partial charge in [0.15, 0.2) is 0 Å². The highest BCUT2D eigenvalue weighted by Gasteiger charge is 2.42. The van der Waals surface area contributed by atoms with E-state index < -0.39 is 126 Å². The molecule has 0 aliphatic carbocycles. The quantitative estimate of drug-likeness (QED) is 0.235. The molecule has 0 saturated carbocycles. The SMILES string of the molecule is CC[C@H](C)[C@H]1C(=O)N[C@H](C(=O)N2CCCCC2)CSCC(=O)N(C)[C@@H](C)C(=O)N(C)[C@@H](Cc2ccccc2)C(=O)N(C)[C@H](CC(C)C)C(=O)N[C@@H]([C@@H](C)O)C(=O)N(C)CC(=O)N(C)[C@@H](CC(C)C)C(=O)N[C@@H](COC(C)(C)C)C(=O)N1C. The third kappa shape index (κ3) is 20.2. The average Bonchev–Trinajstić information content (AvgIpc) is 3.58. The Morgan fingerprint density at radius 2 is 1.22 bits per heavy atom. The number of likely N-dealkylation sites (tertiary alicyclic amines) is 1. The van der Waals surface area contributed by atoms with E-state index in [9.17, 15) is 53.1 Å². The maximum absolute atomic E-state index is 15.0. The van der Waals surface area contributed by atoms with Gasteiger partial charge in [-0.05, 0) is 90.0 Å². The Labute approximate surface area is 491 Å². The summed E-state index contributed by atoms with van der Waals surface area (Å²) in [6, 6.07) is -1.01. The molecule has 4 N–H and O–H groups in total. The molecule has 2 aliphatic rings. The first kappa shape index (κ1) is 70.5. The molecular weight excluding hydrogens is 1070 g/mol. The number of aliphatic hydroxyl groups is 1. The van der Waals surface area contributed by atoms with Crippen LogP contribution in [0.2, 0.25) is 0 Å². The average molecular weight is 1170 g/mol. The molecule has 1 aromatic carbocycles. The van der Waals surface area contributed by atoms with E-state index in [0.29, 0.717) is 25.1 Å². The number of thioether (sulfide) groups is 1. The van der Waals surface area contributed by atoms with Crippen LogP contribution in [-0.4, -0.2) is 239 Å². The van der Waals surface area contributed by atoms with Crippen LogP contribution in [0.1, 0.15) is 120 Å². The summed E-state index contributed by atoms with van der Waals surface area (Å²) in [7, 11) is 8.50. The Bertz CT molecular complexity index is 2350. The molecule has 462 valence electrons. The molecule has 0 radical (unpaired) electrons. The minimum Gasteiger partial charge on any atom is -0.391 e. The minimum absolute atomic E-state index is 0.0242. The van der Waals surface area contributed by atoms with Gasteiger partial charge in [0.1, 0.15) is 48.3 Å². The molecule has 2 fully saturated rings. The molecule has 10 atom stereocenters. The number of hydrogen-bond donors (Lipinski definition) is 4. The van der Waals surface area contributed by atoms with E-state index in [1.54, 1.807) is 56.9 Å². The highest BCUT2D eigenvalue weighted by Crippen LogP contribution is 2.23. The largest absolute Gasteiger partial charge is 0.391 e. The van der Waals surface area contributed by atoms with Crippen LogP contribution in [0.15, 0.2) is 30.3 Å². The van der Waals surface area contributed by atoms with E-state index in [4.69, 9.17) is 4.74 Å². The summed E-state index contributed by atoms with van der Waals surface area (Å²) >= 11 is 1.09. The van der Waals surface area contributed by atoms with Gasteiger partial charge in [-0.3, -0.25) is 47.9 Å². The zero-order valence-corrected chi connectivity index (χ0v) is 52.8. The van der Waals surface area contributed by atoms with Crippen LogP contribution in [0, 0.1) is 17.8 Å². The van der Waals surface area contributed by atoms with Gasteiger partial charge in [-0.2, -0.15) is 0 Å². The monoisotopic (exact) mass is 1170 g/mol. The Morgan fingerprint density at radius 3 is 1.76 bits per heavy atom. The molecule has 0 spiro atoms. The van der Waals surface area contributed by atoms with Gasteiger partial charge < -0.3 is 60.1 Å². The smallest absolute Gasteiger partial charge is 0.248 e. The Morgan fingerprint density at radius 1 is 0.671 bits per heavy atom. The molecule has 0 bridgehead atoms. The molecule has 2 heterocycles. The zero-order chi connectivity index (χ0) is 62.1. The van der Waals surface area contributed by atoms with Gasteiger partial charge in [0.2, 0.25) is 59.1 Å². The summed E-state index contributed by atoms with van der Waals surface area (Å²) in [5, 5.41) is 19.5. The van der Waals surface area contributed by atoms with Crippen LogP contribution in [0.3, 0.4) is 0 Å². The molecule has 1 aromatic rings. The molecule has 2 aliphatic heterocycles. The maximum atomic E-state index is 15.0. The summed E-state index contributed by atoms with van der Waals surface area (Å²) in [6.07, 6.45) is 1.66. The lowest BCUT2D eigenvalue weighted by molar-refractivity contribution is -0.151. The Balaban J connectivity index is 2.25. The first-order chi connectivity index (χ1) is 38.2. The molecule has 82 heavy (non-hydrogen) atoms. The summed E-state index contributed by atoms with van der Waals surface area (Å²) < 4.78 is 6.11. The van der Waals surface area contributed by atoms with Crippen LogP contribution < -0.4 is 16.0 Å². The van der Waals surface area contributed by atoms with Gasteiger partial charge in [-0.25, -0.2) is 0 Å². The number of ether oxygens (including phenoxy) is 1. The second-order valence-corrected chi connectivity index (χ2v) is 25.3. The molecule has 23 heteroatoms. The standard InChI is InChI=1S/C59H98N10O12S/c1-18-38(6)50-53(75)61-43(56(78)69-27-23-20-24-28-69)34-82-35-48(72)64(13)39(7)54(76)67(16)46(31-41-25-21-19-22-26-41)57(79)66(15)45(30-37(4)5)52(74)62-49(40(8)70)58(80)63(12)32-47(71)65(14)44(29-36(2)3)51(73)60-42(55(77)68(50)17)33-81-59(9,10)11/h19,21-22,25-26,36-40,42-46,49-50,70H,18,20,23-24,27-35H2,1-17H3,(H,60,73)(H,61,75)(H,62,74)/t38-,39-,40+,42-,43-,44-,45+,46-,49-,50-/m0/s1. The molecule has 0 aromatic heterocycles. The van der Waals surface area contributed by atoms with Crippen molar-refractivity contribution in [2.24, 2.45) is 17.8 Å². The van der Waals surface area contributed by atoms with E-state index in [1.165, 1.54) is 80.6 Å². The van der Waals surface area contributed by atoms with Crippen molar-refractivity contribution < 1.29 is 57.8 Å². The number of amides is 10. The van der Waals surface area contributed by atoms with E-state index in [0.717, 1.165) is 35.9 Å². The van der Waals surface area contributed by atoms with Gasteiger partial charge in [-0.1, -0.05) is 78.3 Å². The number of benzene rings is 1. The number of carbonyl (C=O) groups is 10. The predicted octanol–water partition coefficient (Wildman–Crippen LogP) is 2.39. The second-order valence-electron chi connectivity index (χ2n) is 24.2. The highest BCUT2D eigenvalue weighted by atomic mass is 32.2. The fourth-order valence-corrected chi connectivity index (χ4v) is 11.0. The fourth-order valence-electron chi connectivity index (χ4n) is 9.99. The van der Waals surface area contributed by atoms with E-state index in [1.807, 2.05) is 40.7 Å². The fraction of sp³-hybridized carbons (Fsp3) is 0.729. The number of nitrogens with one attached hydrogen (secondary N) is 3. The van der Waals surface area contributed by atoms with Gasteiger partial charge in [0, 0.05) is 67.5 Å². The molecular formula is C59H98N10O12S. The van der Waals surface area contributed by atoms with Crippen LogP contribution in [0.25, 0.3) is 0 Å². The summed E-state index contributed by atoms with van der Waals surface area (Å²) in [5.74, 6) is -7.42. The number of carbonyl (C=O) groups excluding carboxylic acids is 10. The summed E-state index contributed by atoms with van der Waals surface area (Å²) in [5.41, 5.74) is -0.0864. The lowest BCUT2D eigenvalue weighted by atomic mass is 9.95. The van der Waals surface area contributed by atoms with Crippen molar-refractivity contribution in [1.29, 1.82) is 0 Å². The maximum Gasteiger partial charge on any atom is 0.248 e. The van der Waals surface area contributed by atoms with Crippen molar-refractivity contribution in [2.45, 2.75) is 181 Å². The van der Waals surface area contributed by atoms with E-state index in [-0.39, 0.29) is 55.1 Å². The topological polar surface area (TPSA) is 259 Å². The van der Waals surface area contributed by atoms with Crippen LogP contribution >= 0.6 is 11.8 Å². The van der Waals surface area contributed by atoms with Gasteiger partial charge in [-0.15, -0.1) is 11.8 Å². The predicted molar refractivity (Wildman–Crippen MR) is 316 cm³/mol. The van der Waals surface area contributed by atoms with Crippen molar-refractivity contribution in [2.75, 3.05) is 80.0 Å². The zero-order valence-electron chi connectivity index (χ0n) is 52.0. The number of rotatable bonds is 12. The third-order valence-corrected chi connectivity index (χ3v) is 16.5. The van der Waals surface area contributed by atoms with E-state index >= 15 is 0 Å². The van der Waals surface area contributed by atoms with Crippen molar-refractivity contribution in [1.82, 2.24) is 50.2 Å². The van der Waals surface area contributed by atoms with Gasteiger partial charge in [0.25, 0.3) is 0 Å². The number of hydrogen-bond acceptors (Lipinski definition) is 13. The van der Waals surface area contributed by atoms with E-state index in [2.05, 4.69) is 16.0 Å². The molecule has 2 saturated heterocycles. The normalized spacial score (nSPS) is 26.0. The Hall–Kier alpha value is -5.81. The first-order valence-electron chi connectivity index (χ1n) is 28.9. The van der Waals surface area contributed by atoms with Gasteiger partial charge >= 0.3 is 0 Å². The molecule has 10 amide bonds. The Kier molecular flexibility index (Phi) is 27.8. The van der Waals surface area contributed by atoms with Gasteiger partial charge in [0.05, 0.1) is 30.6 Å². The van der Waals surface area contributed by atoms with Crippen LogP contribution in [0.5, 0.6) is 0 Å². The van der Waals surface area contributed by atoms with Crippen molar-refractivity contribution in [3.8, 4) is 0 Å². The number of likely N-dealkylation sites (N-methyl/N-ethyl adjacent to an activating group) is 6. The second kappa shape index (κ2) is 32.3. The summed E-state index contributed by atoms with van der Waals surface area (Å²) in [4.78, 5) is 154. The molecule has 3 rings (SSSR count). The molecule has 0 unspecified atom stereocenters. The van der Waals surface area contributed by atoms with Crippen molar-refractivity contribution >= 4 is 70.8 Å². The lowest BCUT2D eigenvalue weighted by Gasteiger charge is -2.38.